The van der Waals surface area contributed by atoms with Crippen molar-refractivity contribution in [3.8, 4) is 11.1 Å². The van der Waals surface area contributed by atoms with Crippen LogP contribution in [-0.2, 0) is 11.2 Å². The number of thioether (sulfide) groups is 1. The van der Waals surface area contributed by atoms with Gasteiger partial charge in [0, 0.05) is 23.8 Å². The van der Waals surface area contributed by atoms with Crippen LogP contribution in [0.25, 0.3) is 21.3 Å². The highest BCUT2D eigenvalue weighted by Crippen LogP contribution is 2.37. The molecule has 0 atom stereocenters. The Labute approximate surface area is 138 Å². The number of ether oxygens (including phenoxy) is 1. The molecule has 114 valence electrons. The summed E-state index contributed by atoms with van der Waals surface area (Å²) in [7, 11) is 1.72. The van der Waals surface area contributed by atoms with Crippen LogP contribution in [0.3, 0.4) is 0 Å². The van der Waals surface area contributed by atoms with Crippen LogP contribution >= 0.6 is 23.1 Å². The summed E-state index contributed by atoms with van der Waals surface area (Å²) in [5.74, 6) is 0.896. The topological polar surface area (TPSA) is 35.0 Å². The number of fused-ring (bicyclic) bond motifs is 1. The largest absolute Gasteiger partial charge is 0.384 e. The summed E-state index contributed by atoms with van der Waals surface area (Å²) in [6, 6.07) is 8.77. The number of rotatable bonds is 6. The van der Waals surface area contributed by atoms with Gasteiger partial charge in [-0.15, -0.1) is 23.1 Å². The normalized spacial score (nSPS) is 11.2. The van der Waals surface area contributed by atoms with E-state index in [0.717, 1.165) is 34.0 Å². The summed E-state index contributed by atoms with van der Waals surface area (Å²) in [6.45, 7) is 2.90. The Balaban J connectivity index is 2.01. The first kappa shape index (κ1) is 15.5. The number of nitrogens with zero attached hydrogens (tertiary/aromatic N) is 2. The average molecular weight is 330 g/mol. The molecule has 0 spiro atoms. The van der Waals surface area contributed by atoms with E-state index in [4.69, 9.17) is 4.74 Å². The van der Waals surface area contributed by atoms with Crippen molar-refractivity contribution in [2.75, 3.05) is 19.5 Å². The van der Waals surface area contributed by atoms with Crippen molar-refractivity contribution < 1.29 is 4.74 Å². The maximum Gasteiger partial charge on any atom is 0.128 e. The van der Waals surface area contributed by atoms with Crippen LogP contribution in [0.15, 0.2) is 41.0 Å². The lowest BCUT2D eigenvalue weighted by Gasteiger charge is -2.06. The molecule has 0 fully saturated rings. The Kier molecular flexibility index (Phi) is 5.08. The first-order valence-electron chi connectivity index (χ1n) is 7.26. The van der Waals surface area contributed by atoms with Crippen molar-refractivity contribution >= 4 is 33.3 Å². The SMILES string of the molecule is CCc1ccc(-c2csc3ncnc(SCCOC)c23)cc1. The Bertz CT molecular complexity index is 753. The fourth-order valence-electron chi connectivity index (χ4n) is 2.31. The van der Waals surface area contributed by atoms with Gasteiger partial charge in [-0.05, 0) is 17.5 Å². The summed E-state index contributed by atoms with van der Waals surface area (Å²) in [5.41, 5.74) is 3.81. The average Bonchev–Trinajstić information content (AvgIpc) is 3.00. The standard InChI is InChI=1S/C17H18N2OS2/c1-3-12-4-6-13(7-5-12)14-10-22-17-15(14)16(18-11-19-17)21-9-8-20-2/h4-7,10-11H,3,8-9H2,1-2H3. The molecule has 22 heavy (non-hydrogen) atoms. The molecule has 0 aliphatic heterocycles. The van der Waals surface area contributed by atoms with Gasteiger partial charge in [-0.25, -0.2) is 9.97 Å². The molecule has 3 rings (SSSR count). The number of benzene rings is 1. The first-order valence-corrected chi connectivity index (χ1v) is 9.13. The van der Waals surface area contributed by atoms with Crippen molar-refractivity contribution in [2.45, 2.75) is 18.4 Å². The van der Waals surface area contributed by atoms with Gasteiger partial charge in [0.05, 0.1) is 12.0 Å². The van der Waals surface area contributed by atoms with E-state index in [0.29, 0.717) is 0 Å². The zero-order valence-corrected chi connectivity index (χ0v) is 14.3. The van der Waals surface area contributed by atoms with E-state index < -0.39 is 0 Å². The fourth-order valence-corrected chi connectivity index (χ4v) is 4.21. The van der Waals surface area contributed by atoms with Crippen LogP contribution in [0.4, 0.5) is 0 Å². The molecule has 5 heteroatoms. The second kappa shape index (κ2) is 7.22. The Morgan fingerprint density at radius 3 is 2.73 bits per heavy atom. The number of aromatic nitrogens is 2. The van der Waals surface area contributed by atoms with Crippen LogP contribution in [0.1, 0.15) is 12.5 Å². The summed E-state index contributed by atoms with van der Waals surface area (Å²) >= 11 is 3.40. The molecule has 0 N–H and O–H groups in total. The lowest BCUT2D eigenvalue weighted by Crippen LogP contribution is -1.93. The summed E-state index contributed by atoms with van der Waals surface area (Å²) in [5, 5.41) is 4.39. The third-order valence-corrected chi connectivity index (χ3v) is 5.37. The van der Waals surface area contributed by atoms with Gasteiger partial charge < -0.3 is 4.74 Å². The molecule has 0 saturated heterocycles. The van der Waals surface area contributed by atoms with Crippen LogP contribution < -0.4 is 0 Å². The smallest absolute Gasteiger partial charge is 0.128 e. The number of hydrogen-bond donors (Lipinski definition) is 0. The zero-order valence-electron chi connectivity index (χ0n) is 12.7. The molecule has 0 aliphatic carbocycles. The third kappa shape index (κ3) is 3.16. The summed E-state index contributed by atoms with van der Waals surface area (Å²) in [4.78, 5) is 9.93. The third-order valence-electron chi connectivity index (χ3n) is 3.53. The van der Waals surface area contributed by atoms with Gasteiger partial charge in [-0.2, -0.15) is 0 Å². The lowest BCUT2D eigenvalue weighted by molar-refractivity contribution is 0.218. The zero-order chi connectivity index (χ0) is 15.4. The second-order valence-corrected chi connectivity index (χ2v) is 6.84. The maximum atomic E-state index is 5.14. The molecule has 1 aromatic carbocycles. The van der Waals surface area contributed by atoms with Crippen LogP contribution in [0.5, 0.6) is 0 Å². The van der Waals surface area contributed by atoms with E-state index in [1.54, 1.807) is 36.5 Å². The van der Waals surface area contributed by atoms with E-state index in [1.807, 2.05) is 0 Å². The molecular formula is C17H18N2OS2. The van der Waals surface area contributed by atoms with E-state index in [-0.39, 0.29) is 0 Å². The Morgan fingerprint density at radius 2 is 2.00 bits per heavy atom. The number of methoxy groups -OCH3 is 1. The monoisotopic (exact) mass is 330 g/mol. The highest BCUT2D eigenvalue weighted by Gasteiger charge is 2.13. The quantitative estimate of drug-likeness (QED) is 0.374. The molecule has 0 unspecified atom stereocenters. The molecule has 0 aliphatic rings. The maximum absolute atomic E-state index is 5.14. The van der Waals surface area contributed by atoms with Gasteiger partial charge >= 0.3 is 0 Å². The van der Waals surface area contributed by atoms with Crippen LogP contribution in [0.2, 0.25) is 0 Å². The van der Waals surface area contributed by atoms with Crippen molar-refractivity contribution in [1.29, 1.82) is 0 Å². The number of thiophene rings is 1. The molecule has 0 amide bonds. The fraction of sp³-hybridized carbons (Fsp3) is 0.294. The molecule has 3 aromatic rings. The highest BCUT2D eigenvalue weighted by molar-refractivity contribution is 7.99. The summed E-state index contributed by atoms with van der Waals surface area (Å²) in [6.07, 6.45) is 2.71. The molecule has 0 radical (unpaired) electrons. The summed E-state index contributed by atoms with van der Waals surface area (Å²) < 4.78 is 5.14. The van der Waals surface area contributed by atoms with Gasteiger partial charge in [0.1, 0.15) is 16.2 Å². The minimum atomic E-state index is 0.723. The van der Waals surface area contributed by atoms with Gasteiger partial charge in [0.2, 0.25) is 0 Å². The minimum absolute atomic E-state index is 0.723. The molecule has 2 aromatic heterocycles. The predicted molar refractivity (Wildman–Crippen MR) is 94.8 cm³/mol. The van der Waals surface area contributed by atoms with Gasteiger partial charge in [0.15, 0.2) is 0 Å². The van der Waals surface area contributed by atoms with Crippen LogP contribution in [0, 0.1) is 0 Å². The van der Waals surface area contributed by atoms with Crippen molar-refractivity contribution in [1.82, 2.24) is 9.97 Å². The van der Waals surface area contributed by atoms with Crippen LogP contribution in [-0.4, -0.2) is 29.4 Å². The second-order valence-electron chi connectivity index (χ2n) is 4.90. The van der Waals surface area contributed by atoms with Crippen molar-refractivity contribution in [3.63, 3.8) is 0 Å². The number of aryl methyl sites for hydroxylation is 1. The predicted octanol–water partition coefficient (Wildman–Crippen LogP) is 4.66. The van der Waals surface area contributed by atoms with E-state index in [2.05, 4.69) is 46.5 Å². The van der Waals surface area contributed by atoms with E-state index >= 15 is 0 Å². The lowest BCUT2D eigenvalue weighted by atomic mass is 10.0. The molecule has 3 nitrogen and oxygen atoms in total. The molecule has 2 heterocycles. The van der Waals surface area contributed by atoms with E-state index in [9.17, 15) is 0 Å². The van der Waals surface area contributed by atoms with Gasteiger partial charge in [-0.1, -0.05) is 31.2 Å². The van der Waals surface area contributed by atoms with Crippen molar-refractivity contribution in [2.24, 2.45) is 0 Å². The number of hydrogen-bond acceptors (Lipinski definition) is 5. The van der Waals surface area contributed by atoms with E-state index in [1.165, 1.54) is 16.7 Å². The highest BCUT2D eigenvalue weighted by atomic mass is 32.2. The molecular weight excluding hydrogens is 312 g/mol. The minimum Gasteiger partial charge on any atom is -0.384 e. The Hall–Kier alpha value is -1.43. The van der Waals surface area contributed by atoms with Gasteiger partial charge in [-0.3, -0.25) is 0 Å². The first-order chi connectivity index (χ1) is 10.8. The molecule has 0 saturated carbocycles. The molecule has 0 bridgehead atoms. The van der Waals surface area contributed by atoms with Crippen molar-refractivity contribution in [3.05, 3.63) is 41.5 Å². The van der Waals surface area contributed by atoms with Gasteiger partial charge in [0.25, 0.3) is 0 Å². The Morgan fingerprint density at radius 1 is 1.18 bits per heavy atom.